The van der Waals surface area contributed by atoms with Crippen LogP contribution in [0.25, 0.3) is 0 Å². The zero-order valence-corrected chi connectivity index (χ0v) is 11.4. The maximum absolute atomic E-state index is 11.3. The molecule has 0 aromatic heterocycles. The van der Waals surface area contributed by atoms with Crippen LogP contribution < -0.4 is 5.48 Å². The van der Waals surface area contributed by atoms with Crippen LogP contribution in [-0.2, 0) is 5.60 Å². The fraction of sp³-hybridized carbons (Fsp3) is 0.188. The molecule has 0 heterocycles. The molecule has 1 atom stereocenters. The topological polar surface area (TPSA) is 69.6 Å². The minimum Gasteiger partial charge on any atom is -0.381 e. The first-order valence-electron chi connectivity index (χ1n) is 6.29. The lowest BCUT2D eigenvalue weighted by Gasteiger charge is -2.24. The zero-order valence-electron chi connectivity index (χ0n) is 11.4. The fourth-order valence-electron chi connectivity index (χ4n) is 2.06. The highest BCUT2D eigenvalue weighted by molar-refractivity contribution is 5.93. The molecule has 20 heavy (non-hydrogen) atoms. The van der Waals surface area contributed by atoms with Crippen molar-refractivity contribution in [2.24, 2.45) is 0 Å². The SMILES string of the molecule is Cc1ccc(C(C)(O)c2ccc(C(=O)NO)cc2)cc1. The molecule has 0 aliphatic carbocycles. The van der Waals surface area contributed by atoms with Crippen LogP contribution in [-0.4, -0.2) is 16.2 Å². The monoisotopic (exact) mass is 271 g/mol. The first kappa shape index (κ1) is 14.2. The lowest BCUT2D eigenvalue weighted by Crippen LogP contribution is -2.23. The molecular weight excluding hydrogens is 254 g/mol. The molecule has 0 saturated carbocycles. The fourth-order valence-corrected chi connectivity index (χ4v) is 2.06. The predicted octanol–water partition coefficient (Wildman–Crippen LogP) is 2.37. The Morgan fingerprint density at radius 2 is 1.45 bits per heavy atom. The van der Waals surface area contributed by atoms with E-state index >= 15 is 0 Å². The van der Waals surface area contributed by atoms with E-state index in [1.54, 1.807) is 36.7 Å². The quantitative estimate of drug-likeness (QED) is 0.593. The highest BCUT2D eigenvalue weighted by Gasteiger charge is 2.25. The van der Waals surface area contributed by atoms with Gasteiger partial charge in [-0.25, -0.2) is 5.48 Å². The Hall–Kier alpha value is -2.17. The molecule has 0 spiro atoms. The van der Waals surface area contributed by atoms with Crippen molar-refractivity contribution in [2.75, 3.05) is 0 Å². The van der Waals surface area contributed by atoms with Gasteiger partial charge in [-0.2, -0.15) is 0 Å². The summed E-state index contributed by atoms with van der Waals surface area (Å²) in [5, 5.41) is 19.3. The van der Waals surface area contributed by atoms with Crippen molar-refractivity contribution in [3.63, 3.8) is 0 Å². The molecule has 0 fully saturated rings. The minimum absolute atomic E-state index is 0.330. The van der Waals surface area contributed by atoms with Crippen molar-refractivity contribution in [3.8, 4) is 0 Å². The van der Waals surface area contributed by atoms with Crippen molar-refractivity contribution in [2.45, 2.75) is 19.4 Å². The number of hydrogen-bond acceptors (Lipinski definition) is 3. The third-order valence-electron chi connectivity index (χ3n) is 3.42. The smallest absolute Gasteiger partial charge is 0.274 e. The second kappa shape index (κ2) is 5.45. The molecule has 2 aromatic rings. The number of nitrogens with one attached hydrogen (secondary N) is 1. The second-order valence-corrected chi connectivity index (χ2v) is 4.96. The first-order chi connectivity index (χ1) is 9.45. The van der Waals surface area contributed by atoms with Crippen LogP contribution in [0, 0.1) is 6.92 Å². The summed E-state index contributed by atoms with van der Waals surface area (Å²) in [5.74, 6) is -0.577. The summed E-state index contributed by atoms with van der Waals surface area (Å²) in [6, 6.07) is 14.1. The van der Waals surface area contributed by atoms with Gasteiger partial charge in [-0.15, -0.1) is 0 Å². The molecule has 4 nitrogen and oxygen atoms in total. The van der Waals surface area contributed by atoms with E-state index in [4.69, 9.17) is 5.21 Å². The summed E-state index contributed by atoms with van der Waals surface area (Å²) in [7, 11) is 0. The second-order valence-electron chi connectivity index (χ2n) is 4.96. The van der Waals surface area contributed by atoms with E-state index in [1.807, 2.05) is 31.2 Å². The van der Waals surface area contributed by atoms with E-state index in [2.05, 4.69) is 0 Å². The number of carbonyl (C=O) groups is 1. The van der Waals surface area contributed by atoms with Crippen LogP contribution in [0.5, 0.6) is 0 Å². The van der Waals surface area contributed by atoms with Gasteiger partial charge >= 0.3 is 0 Å². The molecule has 0 radical (unpaired) electrons. The Balaban J connectivity index is 2.34. The maximum atomic E-state index is 11.3. The number of aliphatic hydroxyl groups is 1. The average molecular weight is 271 g/mol. The van der Waals surface area contributed by atoms with E-state index in [0.29, 0.717) is 11.1 Å². The van der Waals surface area contributed by atoms with Gasteiger partial charge in [0.15, 0.2) is 0 Å². The van der Waals surface area contributed by atoms with Gasteiger partial charge in [-0.05, 0) is 37.1 Å². The summed E-state index contributed by atoms with van der Waals surface area (Å²) in [5.41, 5.74) is 3.35. The van der Waals surface area contributed by atoms with E-state index in [1.165, 1.54) is 0 Å². The number of benzene rings is 2. The molecule has 1 unspecified atom stereocenters. The van der Waals surface area contributed by atoms with Crippen LogP contribution in [0.4, 0.5) is 0 Å². The van der Waals surface area contributed by atoms with Crippen molar-refractivity contribution < 1.29 is 15.1 Å². The highest BCUT2D eigenvalue weighted by atomic mass is 16.5. The number of hydroxylamine groups is 1. The largest absolute Gasteiger partial charge is 0.381 e. The average Bonchev–Trinajstić information content (AvgIpc) is 2.47. The van der Waals surface area contributed by atoms with Crippen LogP contribution in [0.2, 0.25) is 0 Å². The summed E-state index contributed by atoms with van der Waals surface area (Å²) in [4.78, 5) is 11.3. The molecule has 2 aromatic carbocycles. The van der Waals surface area contributed by atoms with E-state index in [-0.39, 0.29) is 0 Å². The summed E-state index contributed by atoms with van der Waals surface area (Å²) >= 11 is 0. The van der Waals surface area contributed by atoms with E-state index < -0.39 is 11.5 Å². The third-order valence-corrected chi connectivity index (χ3v) is 3.42. The minimum atomic E-state index is -1.14. The molecule has 0 aliphatic heterocycles. The number of carbonyl (C=O) groups excluding carboxylic acids is 1. The highest BCUT2D eigenvalue weighted by Crippen LogP contribution is 2.29. The molecule has 3 N–H and O–H groups in total. The zero-order chi connectivity index (χ0) is 14.8. The Bertz CT molecular complexity index is 601. The van der Waals surface area contributed by atoms with Gasteiger partial charge in [0.25, 0.3) is 5.91 Å². The molecule has 0 aliphatic rings. The molecule has 104 valence electrons. The van der Waals surface area contributed by atoms with Gasteiger partial charge in [0.2, 0.25) is 0 Å². The molecule has 2 rings (SSSR count). The molecular formula is C16H17NO3. The van der Waals surface area contributed by atoms with Crippen LogP contribution in [0.3, 0.4) is 0 Å². The molecule has 1 amide bonds. The lowest BCUT2D eigenvalue weighted by molar-refractivity contribution is 0.0705. The molecule has 0 bridgehead atoms. The van der Waals surface area contributed by atoms with Crippen molar-refractivity contribution in [3.05, 3.63) is 70.8 Å². The maximum Gasteiger partial charge on any atom is 0.274 e. The summed E-state index contributed by atoms with van der Waals surface area (Å²) < 4.78 is 0. The first-order valence-corrected chi connectivity index (χ1v) is 6.29. The van der Waals surface area contributed by atoms with Gasteiger partial charge in [0.05, 0.1) is 0 Å². The van der Waals surface area contributed by atoms with Gasteiger partial charge in [0, 0.05) is 5.56 Å². The van der Waals surface area contributed by atoms with Crippen molar-refractivity contribution >= 4 is 5.91 Å². The summed E-state index contributed by atoms with van der Waals surface area (Å²) in [6.45, 7) is 3.69. The van der Waals surface area contributed by atoms with E-state index in [9.17, 15) is 9.90 Å². The normalized spacial score (nSPS) is 13.6. The Morgan fingerprint density at radius 1 is 1.00 bits per heavy atom. The van der Waals surface area contributed by atoms with Crippen LogP contribution in [0.15, 0.2) is 48.5 Å². The summed E-state index contributed by atoms with van der Waals surface area (Å²) in [6.07, 6.45) is 0. The van der Waals surface area contributed by atoms with Gasteiger partial charge in [-0.1, -0.05) is 42.0 Å². The predicted molar refractivity (Wildman–Crippen MR) is 75.5 cm³/mol. The van der Waals surface area contributed by atoms with Gasteiger partial charge in [-0.3, -0.25) is 10.0 Å². The standard InChI is InChI=1S/C16H17NO3/c1-11-3-7-13(8-4-11)16(2,19)14-9-5-12(6-10-14)15(18)17-20/h3-10,19-20H,1-2H3,(H,17,18). The molecule has 0 saturated heterocycles. The third kappa shape index (κ3) is 2.71. The number of amides is 1. The Kier molecular flexibility index (Phi) is 3.88. The van der Waals surface area contributed by atoms with Gasteiger partial charge in [0.1, 0.15) is 5.60 Å². The number of hydrogen-bond donors (Lipinski definition) is 3. The lowest BCUT2D eigenvalue weighted by atomic mass is 9.87. The van der Waals surface area contributed by atoms with E-state index in [0.717, 1.165) is 11.1 Å². The van der Waals surface area contributed by atoms with Crippen LogP contribution >= 0.6 is 0 Å². The van der Waals surface area contributed by atoms with Crippen molar-refractivity contribution in [1.29, 1.82) is 0 Å². The Labute approximate surface area is 117 Å². The van der Waals surface area contributed by atoms with Crippen LogP contribution in [0.1, 0.15) is 34.0 Å². The number of rotatable bonds is 3. The van der Waals surface area contributed by atoms with Crippen molar-refractivity contribution in [1.82, 2.24) is 5.48 Å². The van der Waals surface area contributed by atoms with Gasteiger partial charge < -0.3 is 5.11 Å². The molecule has 4 heteroatoms. The Morgan fingerprint density at radius 3 is 1.90 bits per heavy atom. The number of aryl methyl sites for hydroxylation is 1.